The Bertz CT molecular complexity index is 1210. The van der Waals surface area contributed by atoms with Gasteiger partial charge in [-0.15, -0.1) is 0 Å². The fraction of sp³-hybridized carbons (Fsp3) is 0.0625. The first kappa shape index (κ1) is 21.5. The first-order valence-electron chi connectivity index (χ1n) is 7.55. The summed E-state index contributed by atoms with van der Waals surface area (Å²) in [6.07, 6.45) is -3.82. The second-order valence-electron chi connectivity index (χ2n) is 5.53. The molecule has 152 valence electrons. The average Bonchev–Trinajstić information content (AvgIpc) is 3.21. The Hall–Kier alpha value is -3.25. The number of imidazole rings is 1. The van der Waals surface area contributed by atoms with Crippen molar-refractivity contribution < 1.29 is 18.4 Å². The summed E-state index contributed by atoms with van der Waals surface area (Å²) in [6, 6.07) is 4.75. The van der Waals surface area contributed by atoms with Gasteiger partial charge in [-0.3, -0.25) is 0 Å². The Morgan fingerprint density at radius 2 is 1.80 bits per heavy atom. The van der Waals surface area contributed by atoms with Crippen LogP contribution in [0, 0.1) is 22.7 Å². The quantitative estimate of drug-likeness (QED) is 0.320. The van der Waals surface area contributed by atoms with E-state index in [4.69, 9.17) is 50.5 Å². The van der Waals surface area contributed by atoms with Crippen LogP contribution in [-0.2, 0) is 6.18 Å². The predicted octanol–water partition coefficient (Wildman–Crippen LogP) is 4.79. The minimum absolute atomic E-state index is 0.0144. The average molecular weight is 475 g/mol. The molecule has 2 heterocycles. The van der Waals surface area contributed by atoms with Crippen molar-refractivity contribution in [3.63, 3.8) is 0 Å². The minimum Gasteiger partial charge on any atom is -0.411 e. The maximum Gasteiger partial charge on any atom is 0.416 e. The summed E-state index contributed by atoms with van der Waals surface area (Å²) >= 11 is 18.4. The van der Waals surface area contributed by atoms with Crippen LogP contribution >= 0.6 is 34.8 Å². The molecule has 0 atom stereocenters. The molecule has 0 aliphatic rings. The second-order valence-corrected chi connectivity index (χ2v) is 6.70. The molecule has 0 radical (unpaired) electrons. The van der Waals surface area contributed by atoms with E-state index in [1.54, 1.807) is 12.1 Å². The third-order valence-corrected chi connectivity index (χ3v) is 4.68. The van der Waals surface area contributed by atoms with Gasteiger partial charge in [0.2, 0.25) is 0 Å². The van der Waals surface area contributed by atoms with Gasteiger partial charge in [-0.1, -0.05) is 40.0 Å². The zero-order valence-corrected chi connectivity index (χ0v) is 16.4. The van der Waals surface area contributed by atoms with Gasteiger partial charge in [0, 0.05) is 0 Å². The highest BCUT2D eigenvalue weighted by Gasteiger charge is 2.33. The van der Waals surface area contributed by atoms with Crippen LogP contribution < -0.4 is 0 Å². The lowest BCUT2D eigenvalue weighted by Gasteiger charge is -2.13. The Balaban J connectivity index is 2.28. The number of nitriles is 2. The van der Waals surface area contributed by atoms with E-state index < -0.39 is 21.8 Å². The van der Waals surface area contributed by atoms with Crippen molar-refractivity contribution in [1.82, 2.24) is 19.7 Å². The maximum absolute atomic E-state index is 13.0. The third-order valence-electron chi connectivity index (χ3n) is 3.75. The topological polar surface area (TPSA) is 127 Å². The van der Waals surface area contributed by atoms with E-state index in [1.807, 2.05) is 0 Å². The van der Waals surface area contributed by atoms with Gasteiger partial charge in [0.1, 0.15) is 34.5 Å². The predicted molar refractivity (Wildman–Crippen MR) is 100.0 cm³/mol. The highest BCUT2D eigenvalue weighted by molar-refractivity contribution is 6.38. The van der Waals surface area contributed by atoms with Crippen LogP contribution in [0.5, 0.6) is 0 Å². The van der Waals surface area contributed by atoms with Crippen molar-refractivity contribution in [3.8, 4) is 29.2 Å². The van der Waals surface area contributed by atoms with E-state index in [0.717, 1.165) is 10.9 Å². The summed E-state index contributed by atoms with van der Waals surface area (Å²) in [5.74, 6) is -0.0755. The number of hydrogen-bond donors (Lipinski definition) is 2. The lowest BCUT2D eigenvalue weighted by Crippen LogP contribution is -2.07. The number of H-pyrrole nitrogens is 1. The van der Waals surface area contributed by atoms with Gasteiger partial charge >= 0.3 is 6.18 Å². The standard InChI is InChI=1S/C16H5Cl3F3N7O/c17-7-1-6(16(20,21)22)2-8(18)13(7)29-14(19)12(11(28-29)5-25-30)15-26-9(3-23)10(4-24)27-15/h1-2,5,30H,(H,26,27)/b25-5-. The monoisotopic (exact) mass is 473 g/mol. The van der Waals surface area contributed by atoms with Gasteiger partial charge in [-0.25, -0.2) is 9.67 Å². The van der Waals surface area contributed by atoms with Gasteiger partial charge < -0.3 is 10.2 Å². The van der Waals surface area contributed by atoms with Crippen molar-refractivity contribution >= 4 is 41.0 Å². The fourth-order valence-corrected chi connectivity index (χ4v) is 3.47. The van der Waals surface area contributed by atoms with E-state index in [-0.39, 0.29) is 39.3 Å². The molecule has 8 nitrogen and oxygen atoms in total. The van der Waals surface area contributed by atoms with Crippen LogP contribution in [0.1, 0.15) is 22.6 Å². The molecule has 0 bridgehead atoms. The molecule has 0 unspecified atom stereocenters. The van der Waals surface area contributed by atoms with Crippen molar-refractivity contribution in [2.75, 3.05) is 0 Å². The Morgan fingerprint density at radius 1 is 1.17 bits per heavy atom. The highest BCUT2D eigenvalue weighted by Crippen LogP contribution is 2.40. The van der Waals surface area contributed by atoms with Gasteiger partial charge in [0.05, 0.1) is 27.4 Å². The van der Waals surface area contributed by atoms with E-state index in [2.05, 4.69) is 20.2 Å². The van der Waals surface area contributed by atoms with Crippen molar-refractivity contribution in [2.45, 2.75) is 6.18 Å². The molecule has 0 saturated heterocycles. The molecule has 30 heavy (non-hydrogen) atoms. The third kappa shape index (κ3) is 3.66. The molecular weight excluding hydrogens is 470 g/mol. The molecule has 0 spiro atoms. The van der Waals surface area contributed by atoms with Crippen LogP contribution in [0.4, 0.5) is 13.2 Å². The van der Waals surface area contributed by atoms with Crippen LogP contribution in [0.25, 0.3) is 17.1 Å². The van der Waals surface area contributed by atoms with E-state index in [9.17, 15) is 13.2 Å². The first-order chi connectivity index (χ1) is 14.1. The number of aromatic amines is 1. The molecule has 0 saturated carbocycles. The molecule has 1 aromatic carbocycles. The van der Waals surface area contributed by atoms with Crippen molar-refractivity contribution in [3.05, 3.63) is 50.0 Å². The number of halogens is 6. The van der Waals surface area contributed by atoms with Crippen LogP contribution in [0.2, 0.25) is 15.2 Å². The number of oxime groups is 1. The highest BCUT2D eigenvalue weighted by atomic mass is 35.5. The molecule has 14 heteroatoms. The number of aromatic nitrogens is 4. The van der Waals surface area contributed by atoms with Crippen LogP contribution in [0.15, 0.2) is 17.3 Å². The van der Waals surface area contributed by atoms with Crippen LogP contribution in [0.3, 0.4) is 0 Å². The molecule has 0 fully saturated rings. The summed E-state index contributed by atoms with van der Waals surface area (Å²) in [6.45, 7) is 0. The van der Waals surface area contributed by atoms with E-state index in [0.29, 0.717) is 12.1 Å². The molecule has 2 aromatic heterocycles. The molecular formula is C16H5Cl3F3N7O. The van der Waals surface area contributed by atoms with Gasteiger partial charge in [-0.2, -0.15) is 28.8 Å². The fourth-order valence-electron chi connectivity index (χ4n) is 2.51. The number of rotatable bonds is 3. The minimum atomic E-state index is -4.69. The number of alkyl halides is 3. The summed E-state index contributed by atoms with van der Waals surface area (Å²) < 4.78 is 39.9. The first-order valence-corrected chi connectivity index (χ1v) is 8.68. The molecule has 0 aliphatic carbocycles. The second kappa shape index (κ2) is 7.88. The van der Waals surface area contributed by atoms with Crippen LogP contribution in [-0.4, -0.2) is 31.2 Å². The smallest absolute Gasteiger partial charge is 0.411 e. The summed E-state index contributed by atoms with van der Waals surface area (Å²) in [4.78, 5) is 6.51. The molecule has 3 rings (SSSR count). The summed E-state index contributed by atoms with van der Waals surface area (Å²) in [5, 5.41) is 32.9. The normalized spacial score (nSPS) is 11.6. The molecule has 2 N–H and O–H groups in total. The molecule has 0 amide bonds. The largest absolute Gasteiger partial charge is 0.416 e. The van der Waals surface area contributed by atoms with Crippen molar-refractivity contribution in [1.29, 1.82) is 10.5 Å². The Morgan fingerprint density at radius 3 is 2.27 bits per heavy atom. The molecule has 0 aliphatic heterocycles. The van der Waals surface area contributed by atoms with E-state index >= 15 is 0 Å². The lowest BCUT2D eigenvalue weighted by molar-refractivity contribution is -0.137. The maximum atomic E-state index is 13.0. The number of benzene rings is 1. The summed E-state index contributed by atoms with van der Waals surface area (Å²) in [5.41, 5.74) is -1.76. The lowest BCUT2D eigenvalue weighted by atomic mass is 10.2. The Kier molecular flexibility index (Phi) is 5.63. The van der Waals surface area contributed by atoms with E-state index in [1.165, 1.54) is 0 Å². The van der Waals surface area contributed by atoms with Gasteiger partial charge in [0.15, 0.2) is 11.4 Å². The van der Waals surface area contributed by atoms with Gasteiger partial charge in [-0.05, 0) is 12.1 Å². The molecule has 3 aromatic rings. The summed E-state index contributed by atoms with van der Waals surface area (Å²) in [7, 11) is 0. The Labute approximate surface area is 180 Å². The van der Waals surface area contributed by atoms with Crippen molar-refractivity contribution in [2.24, 2.45) is 5.16 Å². The SMILES string of the molecule is N#Cc1nc(-c2c(/C=N\O)nn(-c3c(Cl)cc(C(F)(F)F)cc3Cl)c2Cl)[nH]c1C#N. The number of nitrogens with zero attached hydrogens (tertiary/aromatic N) is 6. The zero-order chi connectivity index (χ0) is 22.2. The number of nitrogens with one attached hydrogen (secondary N) is 1. The zero-order valence-electron chi connectivity index (χ0n) is 14.1. The van der Waals surface area contributed by atoms with Gasteiger partial charge in [0.25, 0.3) is 0 Å². The number of hydrogen-bond acceptors (Lipinski definition) is 6.